The van der Waals surface area contributed by atoms with Gasteiger partial charge in [0.05, 0.1) is 24.6 Å². The van der Waals surface area contributed by atoms with E-state index in [-0.39, 0.29) is 18.1 Å². The molecule has 1 aliphatic heterocycles. The average Bonchev–Trinajstić information content (AvgIpc) is 3.51. The van der Waals surface area contributed by atoms with Crippen molar-refractivity contribution in [3.05, 3.63) is 89.3 Å². The Kier molecular flexibility index (Phi) is 4.89. The first-order chi connectivity index (χ1) is 15.5. The molecule has 1 amide bonds. The highest BCUT2D eigenvalue weighted by atomic mass is 16.3. The van der Waals surface area contributed by atoms with Crippen molar-refractivity contribution in [2.75, 3.05) is 5.32 Å². The Morgan fingerprint density at radius 2 is 1.94 bits per heavy atom. The van der Waals surface area contributed by atoms with Gasteiger partial charge in [-0.25, -0.2) is 4.68 Å². The molecule has 0 fully saturated rings. The summed E-state index contributed by atoms with van der Waals surface area (Å²) < 4.78 is 9.80. The van der Waals surface area contributed by atoms with Gasteiger partial charge in [0.2, 0.25) is 0 Å². The number of para-hydroxylation sites is 1. The monoisotopic (exact) mass is 429 g/mol. The van der Waals surface area contributed by atoms with Crippen molar-refractivity contribution in [2.24, 2.45) is 0 Å². The van der Waals surface area contributed by atoms with Gasteiger partial charge in [-0.1, -0.05) is 12.1 Å². The number of anilines is 1. The molecule has 1 aromatic carbocycles. The van der Waals surface area contributed by atoms with Gasteiger partial charge in [0.25, 0.3) is 5.91 Å². The standard InChI is InChI=1S/C25H27N5O2/c1-16(2)30-23(11-12-26-30)29-17(3)14-21(18(29)4)24-27-22-10-6-5-9-20(22)25(31)28(24)15-19-8-7-13-32-19/h5-14,16,24,27H,15H2,1-4H3/t24-/m0/s1. The third kappa shape index (κ3) is 3.21. The number of aryl methyl sites for hydroxylation is 1. The Labute approximate surface area is 187 Å². The highest BCUT2D eigenvalue weighted by Crippen LogP contribution is 2.37. The maximum Gasteiger partial charge on any atom is 0.258 e. The minimum atomic E-state index is -0.321. The van der Waals surface area contributed by atoms with Crippen LogP contribution in [0.5, 0.6) is 0 Å². The lowest BCUT2D eigenvalue weighted by atomic mass is 10.0. The zero-order valence-corrected chi connectivity index (χ0v) is 18.7. The second kappa shape index (κ2) is 7.75. The highest BCUT2D eigenvalue weighted by molar-refractivity contribution is 6.01. The Morgan fingerprint density at radius 1 is 1.12 bits per heavy atom. The van der Waals surface area contributed by atoms with E-state index in [4.69, 9.17) is 4.42 Å². The van der Waals surface area contributed by atoms with Gasteiger partial charge in [0.1, 0.15) is 17.7 Å². The van der Waals surface area contributed by atoms with Crippen LogP contribution in [0.15, 0.2) is 65.4 Å². The van der Waals surface area contributed by atoms with E-state index in [1.807, 2.05) is 58.2 Å². The van der Waals surface area contributed by atoms with Gasteiger partial charge in [-0.05, 0) is 58.0 Å². The third-order valence-corrected chi connectivity index (χ3v) is 6.06. The van der Waals surface area contributed by atoms with Crippen LogP contribution in [0, 0.1) is 13.8 Å². The van der Waals surface area contributed by atoms with Crippen molar-refractivity contribution in [2.45, 2.75) is 46.4 Å². The zero-order chi connectivity index (χ0) is 22.4. The molecule has 0 unspecified atom stereocenters. The lowest BCUT2D eigenvalue weighted by Gasteiger charge is -2.37. The van der Waals surface area contributed by atoms with E-state index in [0.717, 1.165) is 34.2 Å². The van der Waals surface area contributed by atoms with Gasteiger partial charge in [-0.15, -0.1) is 0 Å². The quantitative estimate of drug-likeness (QED) is 0.472. The van der Waals surface area contributed by atoms with E-state index in [0.29, 0.717) is 12.1 Å². The van der Waals surface area contributed by atoms with Crippen LogP contribution in [-0.4, -0.2) is 25.2 Å². The van der Waals surface area contributed by atoms with Gasteiger partial charge in [0, 0.05) is 34.7 Å². The van der Waals surface area contributed by atoms with Crippen LogP contribution in [0.25, 0.3) is 5.82 Å². The Balaban J connectivity index is 1.62. The predicted octanol–water partition coefficient (Wildman–Crippen LogP) is 5.23. The van der Waals surface area contributed by atoms with Crippen molar-refractivity contribution in [3.63, 3.8) is 0 Å². The highest BCUT2D eigenvalue weighted by Gasteiger charge is 2.35. The SMILES string of the molecule is Cc1cc([C@H]2Nc3ccccc3C(=O)N2Cc2ccco2)c(C)n1-c1ccnn1C(C)C. The minimum absolute atomic E-state index is 0.0159. The number of nitrogens with one attached hydrogen (secondary N) is 1. The molecule has 0 spiro atoms. The molecule has 0 saturated carbocycles. The van der Waals surface area contributed by atoms with Crippen LogP contribution < -0.4 is 5.32 Å². The summed E-state index contributed by atoms with van der Waals surface area (Å²) in [6.07, 6.45) is 3.15. The number of hydrogen-bond donors (Lipinski definition) is 1. The third-order valence-electron chi connectivity index (χ3n) is 6.06. The normalized spacial score (nSPS) is 15.8. The van der Waals surface area contributed by atoms with Gasteiger partial charge in [0.15, 0.2) is 0 Å². The van der Waals surface area contributed by atoms with Gasteiger partial charge < -0.3 is 19.2 Å². The maximum atomic E-state index is 13.5. The summed E-state index contributed by atoms with van der Waals surface area (Å²) in [5.74, 6) is 1.75. The molecule has 5 rings (SSSR count). The second-order valence-electron chi connectivity index (χ2n) is 8.49. The molecular weight excluding hydrogens is 402 g/mol. The van der Waals surface area contributed by atoms with Crippen LogP contribution in [0.4, 0.5) is 5.69 Å². The van der Waals surface area contributed by atoms with E-state index in [9.17, 15) is 4.79 Å². The molecule has 1 atom stereocenters. The van der Waals surface area contributed by atoms with Crippen LogP contribution >= 0.6 is 0 Å². The van der Waals surface area contributed by atoms with Crippen molar-refractivity contribution >= 4 is 11.6 Å². The molecule has 0 aliphatic carbocycles. The van der Waals surface area contributed by atoms with Crippen LogP contribution in [0.1, 0.15) is 59.1 Å². The maximum absolute atomic E-state index is 13.5. The van der Waals surface area contributed by atoms with Gasteiger partial charge in [-0.3, -0.25) is 4.79 Å². The fourth-order valence-electron chi connectivity index (χ4n) is 4.57. The largest absolute Gasteiger partial charge is 0.467 e. The lowest BCUT2D eigenvalue weighted by Crippen LogP contribution is -2.42. The fraction of sp³-hybridized carbons (Fsp3) is 0.280. The molecule has 4 heterocycles. The first-order valence-corrected chi connectivity index (χ1v) is 10.9. The summed E-state index contributed by atoms with van der Waals surface area (Å²) >= 11 is 0. The number of amides is 1. The van der Waals surface area contributed by atoms with E-state index in [1.54, 1.807) is 6.26 Å². The number of nitrogens with zero attached hydrogens (tertiary/aromatic N) is 4. The average molecular weight is 430 g/mol. The van der Waals surface area contributed by atoms with Crippen molar-refractivity contribution in [1.29, 1.82) is 0 Å². The Hall–Kier alpha value is -3.74. The molecule has 4 aromatic rings. The van der Waals surface area contributed by atoms with E-state index < -0.39 is 0 Å². The molecule has 0 bridgehead atoms. The number of fused-ring (bicyclic) bond motifs is 1. The van der Waals surface area contributed by atoms with Gasteiger partial charge >= 0.3 is 0 Å². The summed E-state index contributed by atoms with van der Waals surface area (Å²) in [4.78, 5) is 15.4. The van der Waals surface area contributed by atoms with Crippen molar-refractivity contribution in [1.82, 2.24) is 19.2 Å². The van der Waals surface area contributed by atoms with E-state index >= 15 is 0 Å². The Bertz CT molecular complexity index is 1270. The fourth-order valence-corrected chi connectivity index (χ4v) is 4.57. The molecule has 1 aliphatic rings. The molecule has 3 aromatic heterocycles. The molecule has 164 valence electrons. The topological polar surface area (TPSA) is 68.2 Å². The first-order valence-electron chi connectivity index (χ1n) is 10.9. The first kappa shape index (κ1) is 20.2. The van der Waals surface area contributed by atoms with Crippen LogP contribution in [-0.2, 0) is 6.54 Å². The van der Waals surface area contributed by atoms with Crippen LogP contribution in [0.2, 0.25) is 0 Å². The molecule has 7 heteroatoms. The number of aromatic nitrogens is 3. The number of benzene rings is 1. The van der Waals surface area contributed by atoms with Crippen molar-refractivity contribution in [3.8, 4) is 5.82 Å². The number of carbonyl (C=O) groups is 1. The smallest absolute Gasteiger partial charge is 0.258 e. The zero-order valence-electron chi connectivity index (χ0n) is 18.7. The second-order valence-corrected chi connectivity index (χ2v) is 8.49. The molecule has 1 N–H and O–H groups in total. The van der Waals surface area contributed by atoms with Gasteiger partial charge in [-0.2, -0.15) is 5.10 Å². The molecule has 0 saturated heterocycles. The summed E-state index contributed by atoms with van der Waals surface area (Å²) in [6, 6.07) is 15.8. The minimum Gasteiger partial charge on any atom is -0.467 e. The summed E-state index contributed by atoms with van der Waals surface area (Å²) in [6.45, 7) is 8.80. The molecule has 0 radical (unpaired) electrons. The summed E-state index contributed by atoms with van der Waals surface area (Å²) in [5, 5.41) is 8.10. The summed E-state index contributed by atoms with van der Waals surface area (Å²) in [5.41, 5.74) is 4.72. The predicted molar refractivity (Wildman–Crippen MR) is 123 cm³/mol. The van der Waals surface area contributed by atoms with E-state index in [1.165, 1.54) is 0 Å². The molecular formula is C25H27N5O2. The summed E-state index contributed by atoms with van der Waals surface area (Å²) in [7, 11) is 0. The number of rotatable bonds is 5. The number of hydrogen-bond acceptors (Lipinski definition) is 4. The number of furan rings is 1. The van der Waals surface area contributed by atoms with E-state index in [2.05, 4.69) is 48.7 Å². The Morgan fingerprint density at radius 3 is 2.69 bits per heavy atom. The lowest BCUT2D eigenvalue weighted by molar-refractivity contribution is 0.0651. The van der Waals surface area contributed by atoms with Crippen LogP contribution in [0.3, 0.4) is 0 Å². The van der Waals surface area contributed by atoms with Crippen molar-refractivity contribution < 1.29 is 9.21 Å². The molecule has 32 heavy (non-hydrogen) atoms. The molecule has 7 nitrogen and oxygen atoms in total. The number of carbonyl (C=O) groups excluding carboxylic acids is 1.